The van der Waals surface area contributed by atoms with Crippen LogP contribution >= 0.6 is 0 Å². The molecule has 0 saturated heterocycles. The van der Waals surface area contributed by atoms with E-state index in [0.717, 1.165) is 45.3 Å². The van der Waals surface area contributed by atoms with Crippen molar-refractivity contribution >= 4 is 21.8 Å². The van der Waals surface area contributed by atoms with Crippen LogP contribution in [0, 0.1) is 0 Å². The van der Waals surface area contributed by atoms with Crippen molar-refractivity contribution in [3.63, 3.8) is 0 Å². The van der Waals surface area contributed by atoms with E-state index in [2.05, 4.69) is 65.0 Å². The fraction of sp³-hybridized carbons (Fsp3) is 0.267. The summed E-state index contributed by atoms with van der Waals surface area (Å²) in [6.07, 6.45) is 1.62. The number of hydrogen-bond acceptors (Lipinski definition) is 6. The predicted octanol–water partition coefficient (Wildman–Crippen LogP) is 5.99. The first-order chi connectivity index (χ1) is 18.3. The Morgan fingerprint density at radius 2 is 1.41 bits per heavy atom. The van der Waals surface area contributed by atoms with Gasteiger partial charge in [0.15, 0.2) is 11.5 Å². The van der Waals surface area contributed by atoms with E-state index >= 15 is 0 Å². The van der Waals surface area contributed by atoms with Gasteiger partial charge in [0.1, 0.15) is 19.5 Å². The first kappa shape index (κ1) is 24.7. The Morgan fingerprint density at radius 3 is 2.11 bits per heavy atom. The molecule has 0 bridgehead atoms. The van der Waals surface area contributed by atoms with Crippen LogP contribution in [0.3, 0.4) is 0 Å². The van der Waals surface area contributed by atoms with E-state index in [1.54, 1.807) is 20.5 Å². The molecule has 0 aliphatic rings. The topological polar surface area (TPSA) is 67.6 Å². The molecule has 37 heavy (non-hydrogen) atoms. The van der Waals surface area contributed by atoms with Crippen molar-refractivity contribution in [3.8, 4) is 34.0 Å². The minimum absolute atomic E-state index is 0.399. The van der Waals surface area contributed by atoms with E-state index in [1.807, 2.05) is 18.2 Å². The molecule has 5 rings (SSSR count). The second-order valence-electron chi connectivity index (χ2n) is 8.57. The quantitative estimate of drug-likeness (QED) is 0.209. The van der Waals surface area contributed by atoms with Crippen molar-refractivity contribution in [3.05, 3.63) is 73.1 Å². The molecule has 2 aromatic heterocycles. The van der Waals surface area contributed by atoms with Crippen LogP contribution < -0.4 is 9.47 Å². The Hall–Kier alpha value is -3.94. The fourth-order valence-corrected chi connectivity index (χ4v) is 4.73. The van der Waals surface area contributed by atoms with Crippen LogP contribution in [0.15, 0.2) is 73.1 Å². The summed E-state index contributed by atoms with van der Waals surface area (Å²) in [4.78, 5) is 9.43. The Morgan fingerprint density at radius 1 is 0.730 bits per heavy atom. The number of rotatable bonds is 11. The molecule has 0 saturated carbocycles. The Balaban J connectivity index is 1.76. The van der Waals surface area contributed by atoms with Gasteiger partial charge in [0.2, 0.25) is 0 Å². The van der Waals surface area contributed by atoms with Crippen molar-refractivity contribution in [2.45, 2.75) is 13.5 Å². The molecule has 0 N–H and O–H groups in total. The van der Waals surface area contributed by atoms with Gasteiger partial charge in [-0.1, -0.05) is 48.5 Å². The maximum absolute atomic E-state index is 6.08. The van der Waals surface area contributed by atoms with E-state index in [-0.39, 0.29) is 0 Å². The molecule has 7 heteroatoms. The van der Waals surface area contributed by atoms with Gasteiger partial charge in [0.25, 0.3) is 0 Å². The number of hydrogen-bond donors (Lipinski definition) is 0. The smallest absolute Gasteiger partial charge is 0.163 e. The molecule has 0 fully saturated rings. The van der Waals surface area contributed by atoms with Gasteiger partial charge in [-0.2, -0.15) is 0 Å². The highest BCUT2D eigenvalue weighted by Crippen LogP contribution is 2.43. The van der Waals surface area contributed by atoms with Crippen molar-refractivity contribution in [1.82, 2.24) is 14.5 Å². The van der Waals surface area contributed by atoms with Gasteiger partial charge in [-0.3, -0.25) is 0 Å². The molecule has 2 heterocycles. The largest absolute Gasteiger partial charge is 0.487 e. The van der Waals surface area contributed by atoms with E-state index in [1.165, 1.54) is 5.52 Å². The highest BCUT2D eigenvalue weighted by atomic mass is 16.5. The first-order valence-corrected chi connectivity index (χ1v) is 12.5. The third kappa shape index (κ3) is 4.88. The van der Waals surface area contributed by atoms with Crippen molar-refractivity contribution < 1.29 is 18.9 Å². The van der Waals surface area contributed by atoms with Crippen molar-refractivity contribution in [2.75, 3.05) is 40.6 Å². The third-order valence-electron chi connectivity index (χ3n) is 6.36. The van der Waals surface area contributed by atoms with Crippen LogP contribution in [0.1, 0.15) is 6.92 Å². The molecule has 0 aliphatic heterocycles. The zero-order chi connectivity index (χ0) is 25.6. The first-order valence-electron chi connectivity index (χ1n) is 12.5. The summed E-state index contributed by atoms with van der Waals surface area (Å²) in [5.41, 5.74) is 6.15. The summed E-state index contributed by atoms with van der Waals surface area (Å²) in [7, 11) is 3.30. The van der Waals surface area contributed by atoms with Crippen LogP contribution in [0.4, 0.5) is 0 Å². The molecule has 0 amide bonds. The number of benzene rings is 3. The van der Waals surface area contributed by atoms with Gasteiger partial charge in [-0.05, 0) is 24.6 Å². The fourth-order valence-electron chi connectivity index (χ4n) is 4.73. The van der Waals surface area contributed by atoms with Crippen LogP contribution in [0.5, 0.6) is 11.5 Å². The van der Waals surface area contributed by atoms with Gasteiger partial charge in [-0.25, -0.2) is 9.97 Å². The zero-order valence-electron chi connectivity index (χ0n) is 21.4. The lowest BCUT2D eigenvalue weighted by molar-refractivity contribution is 0.132. The van der Waals surface area contributed by atoms with E-state index in [9.17, 15) is 0 Å². The highest BCUT2D eigenvalue weighted by Gasteiger charge is 2.23. The van der Waals surface area contributed by atoms with E-state index in [4.69, 9.17) is 23.9 Å². The number of aryl methyl sites for hydroxylation is 1. The number of aromatic nitrogens is 3. The van der Waals surface area contributed by atoms with Crippen LogP contribution in [0.25, 0.3) is 44.3 Å². The minimum Gasteiger partial charge on any atom is -0.487 e. The van der Waals surface area contributed by atoms with E-state index in [0.29, 0.717) is 37.9 Å². The maximum atomic E-state index is 6.08. The summed E-state index contributed by atoms with van der Waals surface area (Å²) in [5.74, 6) is 1.24. The summed E-state index contributed by atoms with van der Waals surface area (Å²) in [6.45, 7) is 4.75. The molecular formula is C30H31N3O4. The van der Waals surface area contributed by atoms with Crippen LogP contribution in [0.2, 0.25) is 0 Å². The average Bonchev–Trinajstić information content (AvgIpc) is 3.28. The van der Waals surface area contributed by atoms with Crippen LogP contribution in [-0.2, 0) is 16.0 Å². The zero-order valence-corrected chi connectivity index (χ0v) is 21.4. The SMILES string of the molecule is CCn1c(-c2ccccc2)c(-c2ncnc3cc(OCCOC)c(OCCOC)cc23)c2ccccc21. The lowest BCUT2D eigenvalue weighted by Gasteiger charge is -2.15. The third-order valence-corrected chi connectivity index (χ3v) is 6.36. The van der Waals surface area contributed by atoms with Gasteiger partial charge in [0, 0.05) is 48.7 Å². The van der Waals surface area contributed by atoms with Crippen molar-refractivity contribution in [2.24, 2.45) is 0 Å². The minimum atomic E-state index is 0.399. The lowest BCUT2D eigenvalue weighted by Crippen LogP contribution is -2.09. The van der Waals surface area contributed by atoms with Crippen molar-refractivity contribution in [1.29, 1.82) is 0 Å². The van der Waals surface area contributed by atoms with Crippen LogP contribution in [-0.4, -0.2) is 55.2 Å². The molecule has 3 aromatic carbocycles. The number of para-hydroxylation sites is 1. The second-order valence-corrected chi connectivity index (χ2v) is 8.57. The molecule has 190 valence electrons. The molecular weight excluding hydrogens is 466 g/mol. The molecule has 0 atom stereocenters. The molecule has 0 aliphatic carbocycles. The van der Waals surface area contributed by atoms with Gasteiger partial charge >= 0.3 is 0 Å². The molecule has 5 aromatic rings. The van der Waals surface area contributed by atoms with Gasteiger partial charge in [-0.15, -0.1) is 0 Å². The highest BCUT2D eigenvalue weighted by molar-refractivity contribution is 6.09. The number of nitrogens with zero attached hydrogens (tertiary/aromatic N) is 3. The summed E-state index contributed by atoms with van der Waals surface area (Å²) in [6, 6.07) is 22.9. The Bertz CT molecular complexity index is 1500. The summed E-state index contributed by atoms with van der Waals surface area (Å²) < 4.78 is 24.8. The lowest BCUT2D eigenvalue weighted by atomic mass is 9.99. The number of ether oxygens (including phenoxy) is 4. The number of fused-ring (bicyclic) bond motifs is 2. The van der Waals surface area contributed by atoms with E-state index < -0.39 is 0 Å². The Labute approximate surface area is 216 Å². The average molecular weight is 498 g/mol. The standard InChI is InChI=1S/C30H31N3O4/c1-4-33-25-13-9-8-12-22(25)28(30(33)21-10-6-5-7-11-21)29-23-18-26(36-16-14-34-2)27(37-17-15-35-3)19-24(23)31-20-32-29/h5-13,18-20H,4,14-17H2,1-3H3. The maximum Gasteiger partial charge on any atom is 0.163 e. The normalized spacial score (nSPS) is 11.3. The predicted molar refractivity (Wildman–Crippen MR) is 146 cm³/mol. The molecule has 0 spiro atoms. The second kappa shape index (κ2) is 11.4. The Kier molecular flexibility index (Phi) is 7.63. The van der Waals surface area contributed by atoms with Gasteiger partial charge < -0.3 is 23.5 Å². The number of methoxy groups -OCH3 is 2. The summed E-state index contributed by atoms with van der Waals surface area (Å²) >= 11 is 0. The summed E-state index contributed by atoms with van der Waals surface area (Å²) in [5, 5.41) is 2.04. The molecule has 0 unspecified atom stereocenters. The van der Waals surface area contributed by atoms with Gasteiger partial charge in [0.05, 0.1) is 30.1 Å². The monoisotopic (exact) mass is 497 g/mol. The molecule has 7 nitrogen and oxygen atoms in total. The molecule has 0 radical (unpaired) electrons.